The lowest BCUT2D eigenvalue weighted by molar-refractivity contribution is 0.620. The molecule has 3 heterocycles. The molecule has 0 amide bonds. The summed E-state index contributed by atoms with van der Waals surface area (Å²) in [7, 11) is 0. The van der Waals surface area contributed by atoms with E-state index in [-0.39, 0.29) is 0 Å². The number of nitrogens with one attached hydrogen (secondary N) is 1. The molecule has 5 heteroatoms. The summed E-state index contributed by atoms with van der Waals surface area (Å²) in [6.45, 7) is 9.07. The number of rotatable bonds is 4. The summed E-state index contributed by atoms with van der Waals surface area (Å²) in [6.07, 6.45) is 3.08. The highest BCUT2D eigenvalue weighted by Crippen LogP contribution is 2.21. The normalized spacial score (nSPS) is 17.8. The van der Waals surface area contributed by atoms with Crippen LogP contribution in [0.15, 0.2) is 24.4 Å². The second kappa shape index (κ2) is 6.30. The molecule has 5 nitrogen and oxygen atoms in total. The Balaban J connectivity index is 1.57. The minimum absolute atomic E-state index is 0.604. The van der Waals surface area contributed by atoms with E-state index in [1.54, 1.807) is 0 Å². The van der Waals surface area contributed by atoms with Crippen LogP contribution in [0.4, 0.5) is 11.8 Å². The first-order valence-corrected chi connectivity index (χ1v) is 7.84. The molecule has 1 fully saturated rings. The Morgan fingerprint density at radius 2 is 2.09 bits per heavy atom. The second-order valence-electron chi connectivity index (χ2n) is 6.08. The van der Waals surface area contributed by atoms with E-state index in [2.05, 4.69) is 25.2 Å². The van der Waals surface area contributed by atoms with Crippen molar-refractivity contribution < 1.29 is 0 Å². The molecule has 116 valence electrons. The molecule has 2 aromatic rings. The third kappa shape index (κ3) is 3.35. The number of hydrogen-bond donors (Lipinski definition) is 1. The van der Waals surface area contributed by atoms with Gasteiger partial charge in [-0.05, 0) is 50.8 Å². The molecule has 0 saturated carbocycles. The molecule has 3 rings (SSSR count). The van der Waals surface area contributed by atoms with Gasteiger partial charge in [-0.2, -0.15) is 0 Å². The summed E-state index contributed by atoms with van der Waals surface area (Å²) < 4.78 is 0. The molecule has 0 aromatic carbocycles. The molecule has 0 aliphatic carbocycles. The van der Waals surface area contributed by atoms with E-state index in [0.717, 1.165) is 54.8 Å². The van der Waals surface area contributed by atoms with Gasteiger partial charge in [0.2, 0.25) is 5.95 Å². The number of aromatic nitrogens is 3. The van der Waals surface area contributed by atoms with Crippen LogP contribution in [0.2, 0.25) is 0 Å². The topological polar surface area (TPSA) is 53.9 Å². The van der Waals surface area contributed by atoms with Gasteiger partial charge in [0.15, 0.2) is 0 Å². The maximum Gasteiger partial charge on any atom is 0.225 e. The molecule has 0 radical (unpaired) electrons. The minimum Gasteiger partial charge on any atom is -0.370 e. The van der Waals surface area contributed by atoms with Gasteiger partial charge in [0.25, 0.3) is 0 Å². The van der Waals surface area contributed by atoms with Crippen molar-refractivity contribution >= 4 is 11.8 Å². The molecule has 1 saturated heterocycles. The Kier molecular flexibility index (Phi) is 4.22. The van der Waals surface area contributed by atoms with Crippen molar-refractivity contribution in [1.29, 1.82) is 0 Å². The Bertz CT molecular complexity index is 655. The van der Waals surface area contributed by atoms with E-state index in [1.165, 1.54) is 0 Å². The lowest BCUT2D eigenvalue weighted by Crippen LogP contribution is -2.24. The number of nitrogens with zero attached hydrogens (tertiary/aromatic N) is 4. The van der Waals surface area contributed by atoms with E-state index in [9.17, 15) is 0 Å². The summed E-state index contributed by atoms with van der Waals surface area (Å²) >= 11 is 0. The Labute approximate surface area is 131 Å². The van der Waals surface area contributed by atoms with Crippen LogP contribution < -0.4 is 10.2 Å². The smallest absolute Gasteiger partial charge is 0.225 e. The van der Waals surface area contributed by atoms with Gasteiger partial charge in [0.05, 0.1) is 0 Å². The molecule has 0 unspecified atom stereocenters. The Morgan fingerprint density at radius 1 is 1.23 bits per heavy atom. The highest BCUT2D eigenvalue weighted by molar-refractivity contribution is 5.37. The van der Waals surface area contributed by atoms with Gasteiger partial charge < -0.3 is 10.2 Å². The van der Waals surface area contributed by atoms with E-state index in [0.29, 0.717) is 5.92 Å². The summed E-state index contributed by atoms with van der Waals surface area (Å²) in [4.78, 5) is 15.8. The van der Waals surface area contributed by atoms with Crippen LogP contribution in [0.1, 0.15) is 23.4 Å². The zero-order chi connectivity index (χ0) is 15.5. The third-order valence-electron chi connectivity index (χ3n) is 4.24. The zero-order valence-electron chi connectivity index (χ0n) is 13.5. The molecule has 1 aliphatic rings. The maximum absolute atomic E-state index is 4.60. The Hall–Kier alpha value is -2.17. The molecule has 22 heavy (non-hydrogen) atoms. The molecule has 1 aliphatic heterocycles. The molecule has 0 spiro atoms. The van der Waals surface area contributed by atoms with Gasteiger partial charge in [-0.25, -0.2) is 15.0 Å². The standard InChI is InChI=1S/C17H23N5/c1-12-9-19-17(21-14(12)3)22-8-7-15(11-22)10-18-16-6-4-5-13(2)20-16/h4-6,9,15H,7-8,10-11H2,1-3H3,(H,18,20)/t15-/m0/s1. The fourth-order valence-electron chi connectivity index (χ4n) is 2.74. The van der Waals surface area contributed by atoms with Gasteiger partial charge in [-0.1, -0.05) is 6.07 Å². The number of anilines is 2. The highest BCUT2D eigenvalue weighted by Gasteiger charge is 2.24. The van der Waals surface area contributed by atoms with Crippen LogP contribution in [-0.4, -0.2) is 34.6 Å². The maximum atomic E-state index is 4.60. The second-order valence-corrected chi connectivity index (χ2v) is 6.08. The molecule has 1 atom stereocenters. The summed E-state index contributed by atoms with van der Waals surface area (Å²) in [5.74, 6) is 2.42. The van der Waals surface area contributed by atoms with E-state index >= 15 is 0 Å². The number of aryl methyl sites for hydroxylation is 3. The van der Waals surface area contributed by atoms with Gasteiger partial charge in [0, 0.05) is 37.2 Å². The molecule has 0 bridgehead atoms. The van der Waals surface area contributed by atoms with Crippen molar-refractivity contribution in [2.75, 3.05) is 29.9 Å². The van der Waals surface area contributed by atoms with Crippen LogP contribution >= 0.6 is 0 Å². The van der Waals surface area contributed by atoms with E-state index in [4.69, 9.17) is 0 Å². The average molecular weight is 297 g/mol. The number of pyridine rings is 1. The van der Waals surface area contributed by atoms with E-state index in [1.807, 2.05) is 45.2 Å². The largest absolute Gasteiger partial charge is 0.370 e. The first kappa shape index (κ1) is 14.8. The predicted octanol–water partition coefficient (Wildman–Crippen LogP) is 2.74. The SMILES string of the molecule is Cc1cccc(NC[C@@H]2CCN(c3ncc(C)c(C)n3)C2)n1. The van der Waals surface area contributed by atoms with Crippen LogP contribution in [0, 0.1) is 26.7 Å². The van der Waals surface area contributed by atoms with Gasteiger partial charge in [-0.15, -0.1) is 0 Å². The van der Waals surface area contributed by atoms with Crippen molar-refractivity contribution in [3.05, 3.63) is 41.3 Å². The molecular formula is C17H23N5. The fraction of sp³-hybridized carbons (Fsp3) is 0.471. The monoisotopic (exact) mass is 297 g/mol. The minimum atomic E-state index is 0.604. The third-order valence-corrected chi connectivity index (χ3v) is 4.24. The fourth-order valence-corrected chi connectivity index (χ4v) is 2.74. The lowest BCUT2D eigenvalue weighted by Gasteiger charge is -2.17. The van der Waals surface area contributed by atoms with Crippen molar-refractivity contribution in [2.24, 2.45) is 5.92 Å². The highest BCUT2D eigenvalue weighted by atomic mass is 15.3. The van der Waals surface area contributed by atoms with Gasteiger partial charge >= 0.3 is 0 Å². The van der Waals surface area contributed by atoms with Crippen LogP contribution in [0.3, 0.4) is 0 Å². The Morgan fingerprint density at radius 3 is 2.86 bits per heavy atom. The first-order valence-electron chi connectivity index (χ1n) is 7.84. The summed E-state index contributed by atoms with van der Waals surface area (Å²) in [5, 5.41) is 3.44. The molecular weight excluding hydrogens is 274 g/mol. The number of hydrogen-bond acceptors (Lipinski definition) is 5. The summed E-state index contributed by atoms with van der Waals surface area (Å²) in [6, 6.07) is 6.07. The molecule has 1 N–H and O–H groups in total. The van der Waals surface area contributed by atoms with Gasteiger partial charge in [-0.3, -0.25) is 0 Å². The van der Waals surface area contributed by atoms with Crippen LogP contribution in [-0.2, 0) is 0 Å². The zero-order valence-corrected chi connectivity index (χ0v) is 13.5. The quantitative estimate of drug-likeness (QED) is 0.940. The van der Waals surface area contributed by atoms with Crippen molar-refractivity contribution in [1.82, 2.24) is 15.0 Å². The predicted molar refractivity (Wildman–Crippen MR) is 89.3 cm³/mol. The first-order chi connectivity index (χ1) is 10.6. The van der Waals surface area contributed by atoms with Gasteiger partial charge in [0.1, 0.15) is 5.82 Å². The van der Waals surface area contributed by atoms with Crippen molar-refractivity contribution in [3.63, 3.8) is 0 Å². The summed E-state index contributed by atoms with van der Waals surface area (Å²) in [5.41, 5.74) is 3.25. The molecule has 2 aromatic heterocycles. The lowest BCUT2D eigenvalue weighted by atomic mass is 10.1. The van der Waals surface area contributed by atoms with Crippen LogP contribution in [0.5, 0.6) is 0 Å². The van der Waals surface area contributed by atoms with E-state index < -0.39 is 0 Å². The average Bonchev–Trinajstić information content (AvgIpc) is 2.97. The van der Waals surface area contributed by atoms with Crippen molar-refractivity contribution in [3.8, 4) is 0 Å². The van der Waals surface area contributed by atoms with Crippen LogP contribution in [0.25, 0.3) is 0 Å². The van der Waals surface area contributed by atoms with Crippen molar-refractivity contribution in [2.45, 2.75) is 27.2 Å².